The van der Waals surface area contributed by atoms with E-state index >= 15 is 0 Å². The molecule has 84 valence electrons. The Bertz CT molecular complexity index is 415. The molecule has 1 aliphatic rings. The van der Waals surface area contributed by atoms with Crippen molar-refractivity contribution in [2.75, 3.05) is 0 Å². The number of nitrogens with zero attached hydrogens (tertiary/aromatic N) is 1. The van der Waals surface area contributed by atoms with E-state index in [-0.39, 0.29) is 10.6 Å². The lowest BCUT2D eigenvalue weighted by Crippen LogP contribution is -2.52. The molecule has 1 aromatic heterocycles. The zero-order valence-electron chi connectivity index (χ0n) is 8.66. The molecule has 0 unspecified atom stereocenters. The fourth-order valence-electron chi connectivity index (χ4n) is 1.86. The van der Waals surface area contributed by atoms with Crippen molar-refractivity contribution in [1.29, 1.82) is 0 Å². The summed E-state index contributed by atoms with van der Waals surface area (Å²) in [5.41, 5.74) is -0.218. The molecule has 0 atom stereocenters. The van der Waals surface area contributed by atoms with E-state index in [9.17, 15) is 8.42 Å². The van der Waals surface area contributed by atoms with Crippen LogP contribution in [0.15, 0.2) is 17.3 Å². The van der Waals surface area contributed by atoms with E-state index in [4.69, 9.17) is 0 Å². The summed E-state index contributed by atoms with van der Waals surface area (Å²) in [5.74, 6) is 0. The normalized spacial score (nSPS) is 19.8. The average Bonchev–Trinajstić information content (AvgIpc) is 2.64. The third-order valence-corrected chi connectivity index (χ3v) is 4.61. The Hall–Kier alpha value is -0.880. The maximum Gasteiger partial charge on any atom is 0.257 e. The molecule has 0 amide bonds. The molecule has 1 fully saturated rings. The highest BCUT2D eigenvalue weighted by Gasteiger charge is 2.39. The van der Waals surface area contributed by atoms with Crippen LogP contribution in [0.25, 0.3) is 0 Å². The summed E-state index contributed by atoms with van der Waals surface area (Å²) in [7, 11) is -3.42. The Kier molecular flexibility index (Phi) is 2.56. The molecular formula is C9H15N3O2S. The van der Waals surface area contributed by atoms with Gasteiger partial charge in [-0.25, -0.2) is 13.1 Å². The smallest absolute Gasteiger partial charge is 0.257 e. The lowest BCUT2D eigenvalue weighted by atomic mass is 9.76. The van der Waals surface area contributed by atoms with E-state index in [1.165, 1.54) is 12.3 Å². The summed E-state index contributed by atoms with van der Waals surface area (Å²) >= 11 is 0. The number of hydrogen-bond donors (Lipinski definition) is 2. The molecule has 2 N–H and O–H groups in total. The van der Waals surface area contributed by atoms with Gasteiger partial charge in [0.2, 0.25) is 0 Å². The van der Waals surface area contributed by atoms with Crippen LogP contribution in [0.1, 0.15) is 32.6 Å². The van der Waals surface area contributed by atoms with E-state index in [1.807, 2.05) is 6.92 Å². The predicted octanol–water partition coefficient (Wildman–Crippen LogP) is 1.02. The zero-order chi connectivity index (χ0) is 10.9. The summed E-state index contributed by atoms with van der Waals surface area (Å²) < 4.78 is 26.5. The van der Waals surface area contributed by atoms with Crippen molar-refractivity contribution in [3.63, 3.8) is 0 Å². The van der Waals surface area contributed by atoms with Gasteiger partial charge in [0.15, 0.2) is 5.03 Å². The first kappa shape index (κ1) is 10.6. The van der Waals surface area contributed by atoms with E-state index < -0.39 is 10.0 Å². The first-order valence-corrected chi connectivity index (χ1v) is 6.60. The fourth-order valence-corrected chi connectivity index (χ4v) is 3.31. The second-order valence-corrected chi connectivity index (χ2v) is 5.66. The maximum absolute atomic E-state index is 11.9. The minimum absolute atomic E-state index is 0.141. The summed E-state index contributed by atoms with van der Waals surface area (Å²) in [6, 6.07) is 1.46. The van der Waals surface area contributed by atoms with Gasteiger partial charge in [-0.05, 0) is 31.7 Å². The van der Waals surface area contributed by atoms with Crippen molar-refractivity contribution >= 4 is 10.0 Å². The van der Waals surface area contributed by atoms with Gasteiger partial charge in [0.25, 0.3) is 10.0 Å². The SMILES string of the molecule is CCC1(NS(=O)(=O)c2ccn[nH]2)CCC1. The molecule has 0 spiro atoms. The van der Waals surface area contributed by atoms with E-state index in [1.54, 1.807) is 0 Å². The van der Waals surface area contributed by atoms with Gasteiger partial charge in [0, 0.05) is 5.54 Å². The van der Waals surface area contributed by atoms with Crippen LogP contribution in [-0.2, 0) is 10.0 Å². The number of nitrogens with one attached hydrogen (secondary N) is 2. The highest BCUT2D eigenvalue weighted by Crippen LogP contribution is 2.35. The van der Waals surface area contributed by atoms with E-state index in [2.05, 4.69) is 14.9 Å². The van der Waals surface area contributed by atoms with Crippen LogP contribution in [0.3, 0.4) is 0 Å². The number of sulfonamides is 1. The Labute approximate surface area is 89.3 Å². The van der Waals surface area contributed by atoms with Gasteiger partial charge >= 0.3 is 0 Å². The lowest BCUT2D eigenvalue weighted by Gasteiger charge is -2.41. The number of aromatic amines is 1. The van der Waals surface area contributed by atoms with Gasteiger partial charge in [-0.1, -0.05) is 6.92 Å². The standard InChI is InChI=1S/C9H15N3O2S/c1-2-9(5-3-6-9)12-15(13,14)8-4-7-10-11-8/h4,7,12H,2-3,5-6H2,1H3,(H,10,11). The van der Waals surface area contributed by atoms with Crippen LogP contribution in [0, 0.1) is 0 Å². The second kappa shape index (κ2) is 3.61. The third kappa shape index (κ3) is 1.91. The molecular weight excluding hydrogens is 214 g/mol. The molecule has 0 saturated heterocycles. The average molecular weight is 229 g/mol. The molecule has 0 aliphatic heterocycles. The van der Waals surface area contributed by atoms with E-state index in [0.717, 1.165) is 25.7 Å². The first-order chi connectivity index (χ1) is 7.08. The third-order valence-electron chi connectivity index (χ3n) is 3.10. The monoisotopic (exact) mass is 229 g/mol. The molecule has 0 radical (unpaired) electrons. The minimum Gasteiger partial charge on any atom is -0.266 e. The van der Waals surface area contributed by atoms with Gasteiger partial charge in [-0.2, -0.15) is 5.10 Å². The van der Waals surface area contributed by atoms with Gasteiger partial charge < -0.3 is 0 Å². The van der Waals surface area contributed by atoms with Crippen molar-refractivity contribution in [3.05, 3.63) is 12.3 Å². The van der Waals surface area contributed by atoms with Crippen molar-refractivity contribution in [1.82, 2.24) is 14.9 Å². The molecule has 1 aromatic rings. The molecule has 0 bridgehead atoms. The Morgan fingerprint density at radius 3 is 2.73 bits per heavy atom. The van der Waals surface area contributed by atoms with Crippen molar-refractivity contribution < 1.29 is 8.42 Å². The summed E-state index contributed by atoms with van der Waals surface area (Å²) in [4.78, 5) is 0. The molecule has 2 rings (SSSR count). The van der Waals surface area contributed by atoms with Gasteiger partial charge in [0.1, 0.15) is 0 Å². The number of H-pyrrole nitrogens is 1. The quantitative estimate of drug-likeness (QED) is 0.809. The summed E-state index contributed by atoms with van der Waals surface area (Å²) in [6.45, 7) is 2.01. The van der Waals surface area contributed by atoms with Crippen LogP contribution in [0.2, 0.25) is 0 Å². The number of rotatable bonds is 4. The van der Waals surface area contributed by atoms with Crippen molar-refractivity contribution in [2.45, 2.75) is 43.2 Å². The summed E-state index contributed by atoms with van der Waals surface area (Å²) in [5, 5.41) is 6.26. The Morgan fingerprint density at radius 2 is 2.33 bits per heavy atom. The number of aromatic nitrogens is 2. The molecule has 6 heteroatoms. The highest BCUT2D eigenvalue weighted by atomic mass is 32.2. The van der Waals surface area contributed by atoms with E-state index in [0.29, 0.717) is 0 Å². The Balaban J connectivity index is 2.18. The zero-order valence-corrected chi connectivity index (χ0v) is 9.47. The van der Waals surface area contributed by atoms with Gasteiger partial charge in [-0.3, -0.25) is 5.10 Å². The molecule has 5 nitrogen and oxygen atoms in total. The van der Waals surface area contributed by atoms with Gasteiger partial charge in [0.05, 0.1) is 6.20 Å². The van der Waals surface area contributed by atoms with Crippen molar-refractivity contribution in [2.24, 2.45) is 0 Å². The molecule has 1 aliphatic carbocycles. The van der Waals surface area contributed by atoms with Crippen LogP contribution >= 0.6 is 0 Å². The fraction of sp³-hybridized carbons (Fsp3) is 0.667. The molecule has 0 aromatic carbocycles. The van der Waals surface area contributed by atoms with Crippen LogP contribution in [0.4, 0.5) is 0 Å². The minimum atomic E-state index is -3.42. The predicted molar refractivity (Wildman–Crippen MR) is 55.8 cm³/mol. The molecule has 1 heterocycles. The first-order valence-electron chi connectivity index (χ1n) is 5.11. The summed E-state index contributed by atoms with van der Waals surface area (Å²) in [6.07, 6.45) is 5.22. The molecule has 1 saturated carbocycles. The Morgan fingerprint density at radius 1 is 1.60 bits per heavy atom. The largest absolute Gasteiger partial charge is 0.266 e. The lowest BCUT2D eigenvalue weighted by molar-refractivity contribution is 0.213. The van der Waals surface area contributed by atoms with Crippen LogP contribution in [0.5, 0.6) is 0 Å². The number of hydrogen-bond acceptors (Lipinski definition) is 3. The topological polar surface area (TPSA) is 74.8 Å². The highest BCUT2D eigenvalue weighted by molar-refractivity contribution is 7.89. The maximum atomic E-state index is 11.9. The van der Waals surface area contributed by atoms with Crippen molar-refractivity contribution in [3.8, 4) is 0 Å². The van der Waals surface area contributed by atoms with Crippen LogP contribution < -0.4 is 4.72 Å². The molecule has 15 heavy (non-hydrogen) atoms. The second-order valence-electron chi connectivity index (χ2n) is 4.01. The van der Waals surface area contributed by atoms with Crippen LogP contribution in [-0.4, -0.2) is 24.2 Å². The van der Waals surface area contributed by atoms with Gasteiger partial charge in [-0.15, -0.1) is 0 Å².